The third kappa shape index (κ3) is 2.72. The summed E-state index contributed by atoms with van der Waals surface area (Å²) in [6.45, 7) is 4.83. The maximum absolute atomic E-state index is 4.00. The van der Waals surface area contributed by atoms with Gasteiger partial charge in [-0.15, -0.1) is 0 Å². The maximum Gasteiger partial charge on any atom is 0.0158 e. The highest BCUT2D eigenvalue weighted by Crippen LogP contribution is 2.61. The number of hydrogen-bond donors (Lipinski definition) is 1. The summed E-state index contributed by atoms with van der Waals surface area (Å²) in [4.78, 5) is 0. The van der Waals surface area contributed by atoms with E-state index >= 15 is 0 Å². The lowest BCUT2D eigenvalue weighted by atomic mass is 9.48. The monoisotopic (exact) mass is 281 g/mol. The smallest absolute Gasteiger partial charge is 0.0158 e. The molecule has 4 fully saturated rings. The van der Waals surface area contributed by atoms with E-state index in [0.29, 0.717) is 5.41 Å². The SMILES string of the molecule is CCC(CSC)NC(C)C12CC3CC(CC(C3)C1)C2. The van der Waals surface area contributed by atoms with Crippen molar-refractivity contribution in [2.75, 3.05) is 12.0 Å². The standard InChI is InChI=1S/C17H31NS/c1-4-16(11-19-3)18-12(2)17-8-13-5-14(9-17)7-15(6-13)10-17/h12-16,18H,4-11H2,1-3H3. The van der Waals surface area contributed by atoms with Crippen LogP contribution in [0.3, 0.4) is 0 Å². The minimum Gasteiger partial charge on any atom is -0.310 e. The number of rotatable bonds is 6. The molecule has 0 aromatic carbocycles. The summed E-state index contributed by atoms with van der Waals surface area (Å²) in [5.41, 5.74) is 0.667. The lowest BCUT2D eigenvalue weighted by Crippen LogP contribution is -2.56. The van der Waals surface area contributed by atoms with E-state index < -0.39 is 0 Å². The second-order valence-electron chi connectivity index (χ2n) is 7.73. The molecular formula is C17H31NS. The lowest BCUT2D eigenvalue weighted by Gasteiger charge is -2.59. The number of nitrogens with one attached hydrogen (secondary N) is 1. The molecule has 2 heteroatoms. The molecule has 4 saturated carbocycles. The Bertz CT molecular complexity index is 279. The molecule has 0 aromatic rings. The molecule has 2 atom stereocenters. The van der Waals surface area contributed by atoms with Gasteiger partial charge in [-0.05, 0) is 81.3 Å². The van der Waals surface area contributed by atoms with Crippen LogP contribution in [0.25, 0.3) is 0 Å². The Balaban J connectivity index is 1.67. The van der Waals surface area contributed by atoms with E-state index in [9.17, 15) is 0 Å². The van der Waals surface area contributed by atoms with E-state index in [1.807, 2.05) is 11.8 Å². The van der Waals surface area contributed by atoms with Crippen molar-refractivity contribution in [3.05, 3.63) is 0 Å². The van der Waals surface area contributed by atoms with Crippen LogP contribution in [0.5, 0.6) is 0 Å². The van der Waals surface area contributed by atoms with Crippen LogP contribution in [0.15, 0.2) is 0 Å². The summed E-state index contributed by atoms with van der Waals surface area (Å²) in [5.74, 6) is 4.51. The Morgan fingerprint density at radius 3 is 2.05 bits per heavy atom. The van der Waals surface area contributed by atoms with E-state index in [1.165, 1.54) is 31.4 Å². The molecule has 19 heavy (non-hydrogen) atoms. The zero-order chi connectivity index (χ0) is 13.5. The fourth-order valence-corrected chi connectivity index (χ4v) is 6.46. The van der Waals surface area contributed by atoms with Gasteiger partial charge in [-0.25, -0.2) is 0 Å². The van der Waals surface area contributed by atoms with Crippen LogP contribution < -0.4 is 5.32 Å². The van der Waals surface area contributed by atoms with Crippen LogP contribution >= 0.6 is 11.8 Å². The predicted octanol–water partition coefficient (Wildman–Crippen LogP) is 4.32. The minimum atomic E-state index is 0.667. The van der Waals surface area contributed by atoms with Gasteiger partial charge in [0.05, 0.1) is 0 Å². The Morgan fingerprint density at radius 1 is 1.11 bits per heavy atom. The van der Waals surface area contributed by atoms with Crippen molar-refractivity contribution in [3.8, 4) is 0 Å². The topological polar surface area (TPSA) is 12.0 Å². The quantitative estimate of drug-likeness (QED) is 0.778. The van der Waals surface area contributed by atoms with Crippen molar-refractivity contribution < 1.29 is 0 Å². The highest BCUT2D eigenvalue weighted by atomic mass is 32.2. The molecule has 2 unspecified atom stereocenters. The Hall–Kier alpha value is 0.310. The molecule has 1 nitrogen and oxygen atoms in total. The first kappa shape index (κ1) is 14.3. The van der Waals surface area contributed by atoms with Gasteiger partial charge in [-0.3, -0.25) is 0 Å². The van der Waals surface area contributed by atoms with Crippen molar-refractivity contribution in [2.24, 2.45) is 23.2 Å². The highest BCUT2D eigenvalue weighted by Gasteiger charge is 2.53. The van der Waals surface area contributed by atoms with Gasteiger partial charge in [-0.2, -0.15) is 11.8 Å². The summed E-state index contributed by atoms with van der Waals surface area (Å²) in [6.07, 6.45) is 12.8. The van der Waals surface area contributed by atoms with Gasteiger partial charge >= 0.3 is 0 Å². The molecule has 0 amide bonds. The van der Waals surface area contributed by atoms with Gasteiger partial charge in [0.1, 0.15) is 0 Å². The van der Waals surface area contributed by atoms with Crippen LogP contribution in [-0.4, -0.2) is 24.1 Å². The molecule has 0 spiro atoms. The normalized spacial score (nSPS) is 43.4. The van der Waals surface area contributed by atoms with Crippen LogP contribution in [0.2, 0.25) is 0 Å². The molecule has 4 aliphatic carbocycles. The Kier molecular flexibility index (Phi) is 4.20. The molecule has 4 aliphatic rings. The molecule has 0 heterocycles. The minimum absolute atomic E-state index is 0.667. The van der Waals surface area contributed by atoms with Crippen molar-refractivity contribution >= 4 is 11.8 Å². The lowest BCUT2D eigenvalue weighted by molar-refractivity contribution is -0.0718. The molecule has 0 saturated heterocycles. The zero-order valence-electron chi connectivity index (χ0n) is 13.0. The first-order chi connectivity index (χ1) is 9.15. The van der Waals surface area contributed by atoms with E-state index in [0.717, 1.165) is 29.8 Å². The summed E-state index contributed by atoms with van der Waals surface area (Å²) < 4.78 is 0. The molecule has 0 radical (unpaired) electrons. The molecule has 0 aromatic heterocycles. The number of hydrogen-bond acceptors (Lipinski definition) is 2. The van der Waals surface area contributed by atoms with Crippen molar-refractivity contribution in [1.82, 2.24) is 5.32 Å². The predicted molar refractivity (Wildman–Crippen MR) is 85.7 cm³/mol. The van der Waals surface area contributed by atoms with E-state index in [-0.39, 0.29) is 0 Å². The van der Waals surface area contributed by atoms with Crippen molar-refractivity contribution in [3.63, 3.8) is 0 Å². The second-order valence-corrected chi connectivity index (χ2v) is 8.64. The van der Waals surface area contributed by atoms with Crippen molar-refractivity contribution in [2.45, 2.75) is 70.9 Å². The van der Waals surface area contributed by atoms with Gasteiger partial charge in [0.25, 0.3) is 0 Å². The zero-order valence-corrected chi connectivity index (χ0v) is 13.8. The van der Waals surface area contributed by atoms with Gasteiger partial charge in [0.2, 0.25) is 0 Å². The van der Waals surface area contributed by atoms with E-state index in [4.69, 9.17) is 0 Å². The third-order valence-corrected chi connectivity index (χ3v) is 7.09. The van der Waals surface area contributed by atoms with Crippen LogP contribution in [0, 0.1) is 23.2 Å². The van der Waals surface area contributed by atoms with Gasteiger partial charge < -0.3 is 5.32 Å². The maximum atomic E-state index is 4.00. The van der Waals surface area contributed by atoms with Crippen LogP contribution in [-0.2, 0) is 0 Å². The van der Waals surface area contributed by atoms with Gasteiger partial charge in [0, 0.05) is 17.8 Å². The summed E-state index contributed by atoms with van der Waals surface area (Å²) in [7, 11) is 0. The second kappa shape index (κ2) is 5.60. The largest absolute Gasteiger partial charge is 0.310 e. The van der Waals surface area contributed by atoms with Crippen LogP contribution in [0.1, 0.15) is 58.8 Å². The Morgan fingerprint density at radius 2 is 1.63 bits per heavy atom. The summed E-state index contributed by atoms with van der Waals surface area (Å²) in [5, 5.41) is 4.00. The molecule has 4 rings (SSSR count). The Labute approximate surface area is 123 Å². The summed E-state index contributed by atoms with van der Waals surface area (Å²) in [6, 6.07) is 1.45. The fraction of sp³-hybridized carbons (Fsp3) is 1.00. The average Bonchev–Trinajstić information content (AvgIpc) is 2.36. The van der Waals surface area contributed by atoms with E-state index in [2.05, 4.69) is 25.4 Å². The first-order valence-corrected chi connectivity index (χ1v) is 9.79. The molecule has 1 N–H and O–H groups in total. The van der Waals surface area contributed by atoms with Crippen LogP contribution in [0.4, 0.5) is 0 Å². The van der Waals surface area contributed by atoms with E-state index in [1.54, 1.807) is 19.3 Å². The first-order valence-electron chi connectivity index (χ1n) is 8.40. The van der Waals surface area contributed by atoms with Crippen molar-refractivity contribution in [1.29, 1.82) is 0 Å². The molecule has 4 bridgehead atoms. The average molecular weight is 282 g/mol. The molecule has 110 valence electrons. The molecular weight excluding hydrogens is 250 g/mol. The number of thioether (sulfide) groups is 1. The third-order valence-electron chi connectivity index (χ3n) is 6.35. The highest BCUT2D eigenvalue weighted by molar-refractivity contribution is 7.98. The molecule has 0 aliphatic heterocycles. The van der Waals surface area contributed by atoms with Gasteiger partial charge in [-0.1, -0.05) is 6.92 Å². The fourth-order valence-electron chi connectivity index (χ4n) is 5.72. The summed E-state index contributed by atoms with van der Waals surface area (Å²) >= 11 is 1.99. The van der Waals surface area contributed by atoms with Gasteiger partial charge in [0.15, 0.2) is 0 Å².